The summed E-state index contributed by atoms with van der Waals surface area (Å²) in [6, 6.07) is 39.8. The van der Waals surface area contributed by atoms with E-state index < -0.39 is 0 Å². The van der Waals surface area contributed by atoms with E-state index in [1.807, 2.05) is 0 Å². The summed E-state index contributed by atoms with van der Waals surface area (Å²) in [7, 11) is 0. The summed E-state index contributed by atoms with van der Waals surface area (Å²) in [6.45, 7) is 18.6. The SMILES string of the molecule is Cc1c(C)c(C)c2c(-c3ccc(-c4ccccc4)c4ccccc34)c3c(C)c(C)c(C)c(C)c3c(-c3ccc4oc5ccccc5c4c3)c2c1C. The van der Waals surface area contributed by atoms with Gasteiger partial charge in [-0.3, -0.25) is 0 Å². The highest BCUT2D eigenvalue weighted by molar-refractivity contribution is 6.28. The van der Waals surface area contributed by atoms with Crippen molar-refractivity contribution in [3.05, 3.63) is 154 Å². The zero-order chi connectivity index (χ0) is 35.3. The fourth-order valence-corrected chi connectivity index (χ4v) is 8.95. The molecule has 9 rings (SSSR count). The van der Waals surface area contributed by atoms with Gasteiger partial charge in [-0.1, -0.05) is 91.0 Å². The van der Waals surface area contributed by atoms with Gasteiger partial charge < -0.3 is 4.42 Å². The highest BCUT2D eigenvalue weighted by Crippen LogP contribution is 2.52. The monoisotopic (exact) mass is 658 g/mol. The van der Waals surface area contributed by atoms with Crippen molar-refractivity contribution in [1.29, 1.82) is 0 Å². The molecule has 248 valence electrons. The number of fused-ring (bicyclic) bond motifs is 6. The molecule has 9 aromatic rings. The van der Waals surface area contributed by atoms with Gasteiger partial charge in [0.15, 0.2) is 0 Å². The Bertz CT molecular complexity index is 2840. The average molecular weight is 659 g/mol. The van der Waals surface area contributed by atoms with E-state index in [1.165, 1.54) is 110 Å². The third kappa shape index (κ3) is 4.40. The van der Waals surface area contributed by atoms with E-state index in [4.69, 9.17) is 4.42 Å². The Morgan fingerprint density at radius 3 is 1.35 bits per heavy atom. The maximum absolute atomic E-state index is 6.33. The van der Waals surface area contributed by atoms with Crippen molar-refractivity contribution >= 4 is 54.3 Å². The van der Waals surface area contributed by atoms with Crippen molar-refractivity contribution in [3.8, 4) is 33.4 Å². The number of aryl methyl sites for hydroxylation is 4. The lowest BCUT2D eigenvalue weighted by Crippen LogP contribution is -2.04. The van der Waals surface area contributed by atoms with Gasteiger partial charge in [0, 0.05) is 10.8 Å². The molecule has 0 saturated carbocycles. The van der Waals surface area contributed by atoms with Crippen LogP contribution in [0.15, 0.2) is 114 Å². The van der Waals surface area contributed by atoms with Crippen LogP contribution in [0.4, 0.5) is 0 Å². The van der Waals surface area contributed by atoms with E-state index in [2.05, 4.69) is 165 Å². The lowest BCUT2D eigenvalue weighted by molar-refractivity contribution is 0.669. The van der Waals surface area contributed by atoms with Crippen molar-refractivity contribution in [2.75, 3.05) is 0 Å². The molecule has 0 spiro atoms. The molecular weight excluding hydrogens is 617 g/mol. The summed E-state index contributed by atoms with van der Waals surface area (Å²) in [6.07, 6.45) is 0. The molecule has 0 aliphatic rings. The molecule has 0 radical (unpaired) electrons. The highest BCUT2D eigenvalue weighted by Gasteiger charge is 2.27. The van der Waals surface area contributed by atoms with Gasteiger partial charge >= 0.3 is 0 Å². The van der Waals surface area contributed by atoms with E-state index in [-0.39, 0.29) is 0 Å². The van der Waals surface area contributed by atoms with Gasteiger partial charge in [-0.25, -0.2) is 0 Å². The standard InChI is InChI=1S/C50H42O/c1-27-29(3)33(7)47-45(31(27)5)49(36-22-25-44-42(26-36)40-20-14-15-21-43(40)51-44)46-32(6)28(2)30(4)34(8)48(46)50(47)41-24-23-37(35-16-10-9-11-17-35)38-18-12-13-19-39(38)41/h9-26H,1-8H3. The molecule has 0 aliphatic carbocycles. The summed E-state index contributed by atoms with van der Waals surface area (Å²) < 4.78 is 6.33. The van der Waals surface area contributed by atoms with Gasteiger partial charge in [0.2, 0.25) is 0 Å². The van der Waals surface area contributed by atoms with Gasteiger partial charge in [0.05, 0.1) is 0 Å². The van der Waals surface area contributed by atoms with Gasteiger partial charge in [0.1, 0.15) is 11.2 Å². The Labute approximate surface area is 300 Å². The molecule has 1 aromatic heterocycles. The minimum Gasteiger partial charge on any atom is -0.456 e. The van der Waals surface area contributed by atoms with E-state index >= 15 is 0 Å². The minimum atomic E-state index is 0.926. The zero-order valence-electron chi connectivity index (χ0n) is 30.8. The smallest absolute Gasteiger partial charge is 0.135 e. The third-order valence-electron chi connectivity index (χ3n) is 12.3. The molecule has 1 heteroatoms. The first kappa shape index (κ1) is 31.3. The van der Waals surface area contributed by atoms with Gasteiger partial charge in [-0.05, 0) is 184 Å². The van der Waals surface area contributed by atoms with Crippen LogP contribution in [0, 0.1) is 55.4 Å². The quantitative estimate of drug-likeness (QED) is 0.172. The van der Waals surface area contributed by atoms with E-state index in [0.717, 1.165) is 21.9 Å². The number of para-hydroxylation sites is 1. The fourth-order valence-electron chi connectivity index (χ4n) is 8.95. The predicted molar refractivity (Wildman–Crippen MR) is 220 cm³/mol. The van der Waals surface area contributed by atoms with Crippen molar-refractivity contribution in [1.82, 2.24) is 0 Å². The van der Waals surface area contributed by atoms with E-state index in [0.29, 0.717) is 0 Å². The molecule has 0 atom stereocenters. The predicted octanol–water partition coefficient (Wildman–Crippen LogP) is 14.5. The molecule has 0 bridgehead atoms. The van der Waals surface area contributed by atoms with Crippen LogP contribution < -0.4 is 0 Å². The Kier molecular flexibility index (Phi) is 7.03. The van der Waals surface area contributed by atoms with E-state index in [9.17, 15) is 0 Å². The summed E-state index contributed by atoms with van der Waals surface area (Å²) in [5.74, 6) is 0. The molecule has 0 aliphatic heterocycles. The topological polar surface area (TPSA) is 13.1 Å². The third-order valence-corrected chi connectivity index (χ3v) is 12.3. The Morgan fingerprint density at radius 2 is 0.765 bits per heavy atom. The van der Waals surface area contributed by atoms with Gasteiger partial charge in [-0.2, -0.15) is 0 Å². The number of furan rings is 1. The first-order chi connectivity index (χ1) is 24.7. The van der Waals surface area contributed by atoms with Gasteiger partial charge in [0.25, 0.3) is 0 Å². The molecule has 0 fully saturated rings. The van der Waals surface area contributed by atoms with Crippen LogP contribution in [0.1, 0.15) is 44.5 Å². The first-order valence-electron chi connectivity index (χ1n) is 18.1. The molecule has 1 heterocycles. The van der Waals surface area contributed by atoms with Crippen LogP contribution in [0.3, 0.4) is 0 Å². The molecule has 1 nitrogen and oxygen atoms in total. The molecule has 51 heavy (non-hydrogen) atoms. The largest absolute Gasteiger partial charge is 0.456 e. The normalized spacial score (nSPS) is 11.9. The van der Waals surface area contributed by atoms with Crippen LogP contribution in [0.5, 0.6) is 0 Å². The zero-order valence-corrected chi connectivity index (χ0v) is 30.8. The molecular formula is C50H42O. The maximum Gasteiger partial charge on any atom is 0.135 e. The summed E-state index contributed by atoms with van der Waals surface area (Å²) in [5, 5.41) is 10.3. The van der Waals surface area contributed by atoms with Crippen LogP contribution in [-0.4, -0.2) is 0 Å². The Hall–Kier alpha value is -5.66. The fraction of sp³-hybridized carbons (Fsp3) is 0.160. The van der Waals surface area contributed by atoms with Crippen LogP contribution in [-0.2, 0) is 0 Å². The van der Waals surface area contributed by atoms with Crippen molar-refractivity contribution < 1.29 is 4.42 Å². The van der Waals surface area contributed by atoms with E-state index in [1.54, 1.807) is 0 Å². The van der Waals surface area contributed by atoms with Gasteiger partial charge in [-0.15, -0.1) is 0 Å². The second-order valence-corrected chi connectivity index (χ2v) is 14.6. The molecule has 0 saturated heterocycles. The average Bonchev–Trinajstić information content (AvgIpc) is 3.54. The maximum atomic E-state index is 6.33. The number of benzene rings is 8. The lowest BCUT2D eigenvalue weighted by Gasteiger charge is -2.27. The number of hydrogen-bond acceptors (Lipinski definition) is 1. The van der Waals surface area contributed by atoms with Crippen LogP contribution >= 0.6 is 0 Å². The first-order valence-corrected chi connectivity index (χ1v) is 18.1. The number of rotatable bonds is 3. The highest BCUT2D eigenvalue weighted by atomic mass is 16.3. The van der Waals surface area contributed by atoms with Crippen molar-refractivity contribution in [3.63, 3.8) is 0 Å². The minimum absolute atomic E-state index is 0.926. The molecule has 0 unspecified atom stereocenters. The van der Waals surface area contributed by atoms with Crippen molar-refractivity contribution in [2.45, 2.75) is 55.4 Å². The summed E-state index contributed by atoms with van der Waals surface area (Å²) in [5.41, 5.74) is 20.4. The molecule has 0 N–H and O–H groups in total. The number of hydrogen-bond donors (Lipinski definition) is 0. The van der Waals surface area contributed by atoms with Crippen molar-refractivity contribution in [2.24, 2.45) is 0 Å². The second-order valence-electron chi connectivity index (χ2n) is 14.6. The summed E-state index contributed by atoms with van der Waals surface area (Å²) in [4.78, 5) is 0. The molecule has 0 amide bonds. The Morgan fingerprint density at radius 1 is 0.314 bits per heavy atom. The summed E-state index contributed by atoms with van der Waals surface area (Å²) >= 11 is 0. The van der Waals surface area contributed by atoms with Crippen LogP contribution in [0.2, 0.25) is 0 Å². The molecule has 8 aromatic carbocycles. The lowest BCUT2D eigenvalue weighted by atomic mass is 9.76. The Balaban J connectivity index is 1.53. The second kappa shape index (κ2) is 11.4. The van der Waals surface area contributed by atoms with Crippen LogP contribution in [0.25, 0.3) is 87.6 Å².